The van der Waals surface area contributed by atoms with Crippen LogP contribution in [0.2, 0.25) is 0 Å². The van der Waals surface area contributed by atoms with E-state index >= 15 is 0 Å². The minimum absolute atomic E-state index is 0.000915. The van der Waals surface area contributed by atoms with Gasteiger partial charge in [0, 0.05) is 11.6 Å². The summed E-state index contributed by atoms with van der Waals surface area (Å²) in [5, 5.41) is 12.0. The Labute approximate surface area is 155 Å². The quantitative estimate of drug-likeness (QED) is 0.502. The van der Waals surface area contributed by atoms with Gasteiger partial charge in [-0.3, -0.25) is 4.79 Å². The molecule has 2 aromatic carbocycles. The van der Waals surface area contributed by atoms with Gasteiger partial charge < -0.3 is 14.2 Å². The highest BCUT2D eigenvalue weighted by Crippen LogP contribution is 2.33. The van der Waals surface area contributed by atoms with Crippen molar-refractivity contribution in [1.29, 1.82) is 0 Å². The Balaban J connectivity index is 1.70. The van der Waals surface area contributed by atoms with E-state index in [0.29, 0.717) is 22.8 Å². The van der Waals surface area contributed by atoms with E-state index in [4.69, 9.17) is 14.2 Å². The predicted octanol–water partition coefficient (Wildman–Crippen LogP) is 1.61. The summed E-state index contributed by atoms with van der Waals surface area (Å²) in [7, 11) is 4.61. The summed E-state index contributed by atoms with van der Waals surface area (Å²) in [5.74, 6) is 1.27. The number of benzene rings is 2. The van der Waals surface area contributed by atoms with E-state index in [2.05, 4.69) is 20.8 Å². The summed E-state index contributed by atoms with van der Waals surface area (Å²) in [6.07, 6.45) is 1.47. The molecule has 0 aliphatic rings. The lowest BCUT2D eigenvalue weighted by molar-refractivity contribution is -0.121. The van der Waals surface area contributed by atoms with E-state index < -0.39 is 0 Å². The van der Waals surface area contributed by atoms with Gasteiger partial charge in [0.2, 0.25) is 0 Å². The fraction of sp³-hybridized carbons (Fsp3) is 0.222. The zero-order valence-electron chi connectivity index (χ0n) is 15.2. The Hall–Kier alpha value is -3.62. The molecule has 0 aliphatic carbocycles. The highest BCUT2D eigenvalue weighted by atomic mass is 16.5. The third-order valence-corrected chi connectivity index (χ3v) is 3.84. The molecule has 9 nitrogen and oxygen atoms in total. The molecule has 0 unspecified atom stereocenters. The predicted molar refractivity (Wildman–Crippen MR) is 99.4 cm³/mol. The van der Waals surface area contributed by atoms with Crippen LogP contribution in [0.3, 0.4) is 0 Å². The van der Waals surface area contributed by atoms with Crippen LogP contribution in [0.25, 0.3) is 11.0 Å². The van der Waals surface area contributed by atoms with Crippen LogP contribution in [0.1, 0.15) is 5.56 Å². The van der Waals surface area contributed by atoms with Gasteiger partial charge >= 0.3 is 0 Å². The van der Waals surface area contributed by atoms with Gasteiger partial charge in [-0.05, 0) is 18.2 Å². The van der Waals surface area contributed by atoms with Gasteiger partial charge in [0.15, 0.2) is 11.5 Å². The van der Waals surface area contributed by atoms with Crippen molar-refractivity contribution in [2.24, 2.45) is 5.10 Å². The number of carbonyl (C=O) groups is 1. The molecule has 27 heavy (non-hydrogen) atoms. The number of carbonyl (C=O) groups excluding carboxylic acids is 1. The third-order valence-electron chi connectivity index (χ3n) is 3.84. The van der Waals surface area contributed by atoms with E-state index in [1.807, 2.05) is 24.3 Å². The van der Waals surface area contributed by atoms with Gasteiger partial charge in [0.1, 0.15) is 17.8 Å². The summed E-state index contributed by atoms with van der Waals surface area (Å²) in [4.78, 5) is 12.1. The molecule has 140 valence electrons. The molecule has 0 aliphatic heterocycles. The Kier molecular flexibility index (Phi) is 5.50. The number of ether oxygens (including phenoxy) is 3. The first-order chi connectivity index (χ1) is 13.2. The second-order valence-electron chi connectivity index (χ2n) is 5.48. The number of nitrogens with zero attached hydrogens (tertiary/aromatic N) is 4. The Morgan fingerprint density at radius 2 is 1.81 bits per heavy atom. The Bertz CT molecular complexity index is 983. The lowest BCUT2D eigenvalue weighted by Crippen LogP contribution is -2.23. The van der Waals surface area contributed by atoms with Gasteiger partial charge in [-0.15, -0.1) is 5.10 Å². The highest BCUT2D eigenvalue weighted by molar-refractivity contribution is 5.87. The summed E-state index contributed by atoms with van der Waals surface area (Å²) in [6, 6.07) is 10.8. The van der Waals surface area contributed by atoms with E-state index in [9.17, 15) is 4.79 Å². The van der Waals surface area contributed by atoms with Crippen LogP contribution in [0.5, 0.6) is 17.2 Å². The number of hydrogen-bond donors (Lipinski definition) is 1. The fourth-order valence-electron chi connectivity index (χ4n) is 2.53. The molecule has 1 aromatic heterocycles. The minimum atomic E-state index is -0.332. The monoisotopic (exact) mass is 369 g/mol. The average molecular weight is 369 g/mol. The number of hydrogen-bond acceptors (Lipinski definition) is 7. The minimum Gasteiger partial charge on any atom is -0.496 e. The lowest BCUT2D eigenvalue weighted by atomic mass is 10.2. The number of methoxy groups -OCH3 is 3. The van der Waals surface area contributed by atoms with Gasteiger partial charge in [-0.25, -0.2) is 10.1 Å². The largest absolute Gasteiger partial charge is 0.496 e. The van der Waals surface area contributed by atoms with Crippen molar-refractivity contribution in [3.05, 3.63) is 42.0 Å². The van der Waals surface area contributed by atoms with Crippen LogP contribution in [0, 0.1) is 0 Å². The van der Waals surface area contributed by atoms with Crippen molar-refractivity contribution in [1.82, 2.24) is 20.4 Å². The zero-order chi connectivity index (χ0) is 19.2. The molecule has 0 saturated heterocycles. The normalized spacial score (nSPS) is 10.9. The summed E-state index contributed by atoms with van der Waals surface area (Å²) >= 11 is 0. The van der Waals surface area contributed by atoms with E-state index in [1.54, 1.807) is 19.2 Å². The number of amides is 1. The average Bonchev–Trinajstić information content (AvgIpc) is 3.10. The topological polar surface area (TPSA) is 99.9 Å². The molecule has 1 amide bonds. The van der Waals surface area contributed by atoms with Gasteiger partial charge in [-0.2, -0.15) is 5.10 Å². The maximum Gasteiger partial charge on any atom is 0.261 e. The van der Waals surface area contributed by atoms with Crippen LogP contribution in [-0.4, -0.2) is 48.4 Å². The second-order valence-corrected chi connectivity index (χ2v) is 5.48. The molecular weight excluding hydrogens is 350 g/mol. The smallest absolute Gasteiger partial charge is 0.261 e. The van der Waals surface area contributed by atoms with Crippen molar-refractivity contribution >= 4 is 23.2 Å². The first-order valence-electron chi connectivity index (χ1n) is 8.06. The lowest BCUT2D eigenvalue weighted by Gasteiger charge is -2.11. The molecule has 0 spiro atoms. The number of hydrazone groups is 1. The molecule has 3 aromatic rings. The van der Waals surface area contributed by atoms with Gasteiger partial charge in [-0.1, -0.05) is 17.3 Å². The van der Waals surface area contributed by atoms with Crippen LogP contribution < -0.4 is 19.6 Å². The zero-order valence-corrected chi connectivity index (χ0v) is 15.2. The molecule has 0 atom stereocenters. The number of aromatic nitrogens is 3. The summed E-state index contributed by atoms with van der Waals surface area (Å²) < 4.78 is 17.3. The standard InChI is InChI=1S/C18H19N5O4/c1-25-15-9-17(27-3)16(26-2)8-12(15)10-19-21-18(24)11-23-14-7-5-4-6-13(14)20-22-23/h4-10H,11H2,1-3H3,(H,21,24)/b19-10+. The first kappa shape index (κ1) is 18.2. The van der Waals surface area contributed by atoms with Crippen LogP contribution >= 0.6 is 0 Å². The Morgan fingerprint density at radius 1 is 1.11 bits per heavy atom. The summed E-state index contributed by atoms with van der Waals surface area (Å²) in [6.45, 7) is 0.000915. The van der Waals surface area contributed by atoms with Crippen molar-refractivity contribution in [2.45, 2.75) is 6.54 Å². The number of rotatable bonds is 7. The van der Waals surface area contributed by atoms with E-state index in [0.717, 1.165) is 11.0 Å². The number of fused-ring (bicyclic) bond motifs is 1. The molecule has 9 heteroatoms. The van der Waals surface area contributed by atoms with E-state index in [-0.39, 0.29) is 12.5 Å². The molecule has 3 rings (SSSR count). The summed E-state index contributed by atoms with van der Waals surface area (Å²) in [5.41, 5.74) is 4.59. The SMILES string of the molecule is COc1cc(OC)c(OC)cc1/C=N/NC(=O)Cn1nnc2ccccc21. The van der Waals surface area contributed by atoms with Crippen LogP contribution in [0.15, 0.2) is 41.5 Å². The maximum atomic E-state index is 12.1. The third kappa shape index (κ3) is 3.97. The molecule has 1 N–H and O–H groups in total. The highest BCUT2D eigenvalue weighted by Gasteiger charge is 2.11. The van der Waals surface area contributed by atoms with Crippen LogP contribution in [0.4, 0.5) is 0 Å². The molecule has 0 radical (unpaired) electrons. The van der Waals surface area contributed by atoms with Gasteiger partial charge in [0.25, 0.3) is 5.91 Å². The van der Waals surface area contributed by atoms with Crippen LogP contribution in [-0.2, 0) is 11.3 Å². The number of nitrogens with one attached hydrogen (secondary N) is 1. The fourth-order valence-corrected chi connectivity index (χ4v) is 2.53. The molecule has 0 fully saturated rings. The molecule has 0 saturated carbocycles. The maximum absolute atomic E-state index is 12.1. The molecule has 1 heterocycles. The molecular formula is C18H19N5O4. The van der Waals surface area contributed by atoms with Crippen molar-refractivity contribution in [3.63, 3.8) is 0 Å². The first-order valence-corrected chi connectivity index (χ1v) is 8.06. The van der Waals surface area contributed by atoms with Crippen molar-refractivity contribution < 1.29 is 19.0 Å². The van der Waals surface area contributed by atoms with E-state index in [1.165, 1.54) is 25.1 Å². The van der Waals surface area contributed by atoms with Gasteiger partial charge in [0.05, 0.1) is 33.1 Å². The van der Waals surface area contributed by atoms with Crippen molar-refractivity contribution in [3.8, 4) is 17.2 Å². The Morgan fingerprint density at radius 3 is 2.56 bits per heavy atom. The molecule has 0 bridgehead atoms. The number of para-hydroxylation sites is 1. The second kappa shape index (κ2) is 8.17. The van der Waals surface area contributed by atoms with Crippen molar-refractivity contribution in [2.75, 3.05) is 21.3 Å².